The second kappa shape index (κ2) is 4.35. The quantitative estimate of drug-likeness (QED) is 0.396. The maximum absolute atomic E-state index is 11.1. The largest absolute Gasteiger partial charge is 0.502 e. The summed E-state index contributed by atoms with van der Waals surface area (Å²) in [6, 6.07) is 11.7. The molecule has 4 aromatic rings. The Balaban J connectivity index is 2.31. The SMILES string of the molecule is O=[N+]([O-])c1ccc2ccc3oc4c(Cl)cccc4c3c2c1O. The van der Waals surface area contributed by atoms with Gasteiger partial charge in [0.2, 0.25) is 5.75 Å². The van der Waals surface area contributed by atoms with Crippen LogP contribution in [0.1, 0.15) is 0 Å². The fourth-order valence-corrected chi connectivity index (χ4v) is 3.00. The smallest absolute Gasteiger partial charge is 0.311 e. The summed E-state index contributed by atoms with van der Waals surface area (Å²) in [7, 11) is 0. The van der Waals surface area contributed by atoms with Crippen molar-refractivity contribution < 1.29 is 14.4 Å². The first-order chi connectivity index (χ1) is 10.6. The van der Waals surface area contributed by atoms with Gasteiger partial charge in [-0.05, 0) is 23.6 Å². The Morgan fingerprint density at radius 2 is 1.86 bits per heavy atom. The lowest BCUT2D eigenvalue weighted by molar-refractivity contribution is -0.385. The molecule has 108 valence electrons. The molecule has 1 heterocycles. The molecule has 0 aliphatic carbocycles. The van der Waals surface area contributed by atoms with Crippen molar-refractivity contribution in [1.29, 1.82) is 0 Å². The summed E-state index contributed by atoms with van der Waals surface area (Å²) in [5.41, 5.74) is 0.681. The van der Waals surface area contributed by atoms with Gasteiger partial charge in [-0.2, -0.15) is 0 Å². The number of para-hydroxylation sites is 1. The number of nitro benzene ring substituents is 1. The highest BCUT2D eigenvalue weighted by atomic mass is 35.5. The molecule has 3 aromatic carbocycles. The van der Waals surface area contributed by atoms with Crippen LogP contribution in [0.15, 0.2) is 46.9 Å². The molecular weight excluding hydrogens is 306 g/mol. The Labute approximate surface area is 128 Å². The summed E-state index contributed by atoms with van der Waals surface area (Å²) in [4.78, 5) is 10.5. The summed E-state index contributed by atoms with van der Waals surface area (Å²) in [5.74, 6) is -0.365. The van der Waals surface area contributed by atoms with Gasteiger partial charge in [0.15, 0.2) is 5.58 Å². The molecule has 0 aliphatic heterocycles. The van der Waals surface area contributed by atoms with Gasteiger partial charge in [-0.25, -0.2) is 0 Å². The van der Waals surface area contributed by atoms with Crippen molar-refractivity contribution in [2.75, 3.05) is 0 Å². The van der Waals surface area contributed by atoms with Gasteiger partial charge in [-0.1, -0.05) is 29.8 Å². The van der Waals surface area contributed by atoms with Crippen LogP contribution < -0.4 is 0 Å². The van der Waals surface area contributed by atoms with Gasteiger partial charge >= 0.3 is 5.69 Å². The van der Waals surface area contributed by atoms with Crippen LogP contribution in [0.25, 0.3) is 32.7 Å². The third-order valence-corrected chi connectivity index (χ3v) is 4.04. The number of phenols is 1. The summed E-state index contributed by atoms with van der Waals surface area (Å²) >= 11 is 6.14. The van der Waals surface area contributed by atoms with Gasteiger partial charge in [0.1, 0.15) is 5.58 Å². The minimum atomic E-state index is -0.608. The molecule has 5 nitrogen and oxygen atoms in total. The zero-order valence-electron chi connectivity index (χ0n) is 11.0. The van der Waals surface area contributed by atoms with E-state index in [1.807, 2.05) is 6.07 Å². The number of nitrogens with zero attached hydrogens (tertiary/aromatic N) is 1. The number of phenolic OH excluding ortho intramolecular Hbond substituents is 1. The van der Waals surface area contributed by atoms with Crippen molar-refractivity contribution in [3.05, 3.63) is 57.6 Å². The average Bonchev–Trinajstić information content (AvgIpc) is 2.87. The number of nitro groups is 1. The first-order valence-corrected chi connectivity index (χ1v) is 6.85. The molecule has 0 bridgehead atoms. The number of aromatic hydroxyl groups is 1. The number of hydrogen-bond donors (Lipinski definition) is 1. The topological polar surface area (TPSA) is 76.5 Å². The second-order valence-electron chi connectivity index (χ2n) is 4.95. The monoisotopic (exact) mass is 313 g/mol. The number of rotatable bonds is 1. The van der Waals surface area contributed by atoms with E-state index in [9.17, 15) is 15.2 Å². The van der Waals surface area contributed by atoms with Crippen molar-refractivity contribution in [3.63, 3.8) is 0 Å². The summed E-state index contributed by atoms with van der Waals surface area (Å²) in [6.07, 6.45) is 0. The van der Waals surface area contributed by atoms with Crippen molar-refractivity contribution >= 4 is 50.0 Å². The molecule has 0 amide bonds. The highest BCUT2D eigenvalue weighted by molar-refractivity contribution is 6.36. The highest BCUT2D eigenvalue weighted by Crippen LogP contribution is 2.43. The van der Waals surface area contributed by atoms with E-state index in [4.69, 9.17) is 16.0 Å². The molecule has 0 atom stereocenters. The van der Waals surface area contributed by atoms with Crippen molar-refractivity contribution in [1.82, 2.24) is 0 Å². The molecule has 4 rings (SSSR count). The molecule has 0 fully saturated rings. The number of fused-ring (bicyclic) bond motifs is 5. The van der Waals surface area contributed by atoms with Gasteiger partial charge in [0.05, 0.1) is 9.95 Å². The summed E-state index contributed by atoms with van der Waals surface area (Å²) in [6.45, 7) is 0. The van der Waals surface area contributed by atoms with Crippen LogP contribution in [-0.4, -0.2) is 10.0 Å². The Bertz CT molecular complexity index is 1080. The first-order valence-electron chi connectivity index (χ1n) is 6.47. The van der Waals surface area contributed by atoms with Crippen LogP contribution in [0.5, 0.6) is 5.75 Å². The number of furan rings is 1. The lowest BCUT2D eigenvalue weighted by Crippen LogP contribution is -1.89. The molecule has 0 saturated heterocycles. The maximum atomic E-state index is 11.1. The van der Waals surface area contributed by atoms with Gasteiger partial charge in [0, 0.05) is 22.2 Å². The molecule has 22 heavy (non-hydrogen) atoms. The zero-order valence-corrected chi connectivity index (χ0v) is 11.8. The van der Waals surface area contributed by atoms with Gasteiger partial charge in [-0.3, -0.25) is 10.1 Å². The average molecular weight is 314 g/mol. The van der Waals surface area contributed by atoms with E-state index < -0.39 is 4.92 Å². The standard InChI is InChI=1S/C16H8ClNO4/c17-10-3-1-2-9-14-12(22-16(9)10)7-5-8-4-6-11(18(20)21)15(19)13(8)14/h1-7,19H. The van der Waals surface area contributed by atoms with Crippen molar-refractivity contribution in [3.8, 4) is 5.75 Å². The van der Waals surface area contributed by atoms with E-state index in [2.05, 4.69) is 0 Å². The van der Waals surface area contributed by atoms with Crippen LogP contribution in [0.4, 0.5) is 5.69 Å². The van der Waals surface area contributed by atoms with Crippen molar-refractivity contribution in [2.45, 2.75) is 0 Å². The van der Waals surface area contributed by atoms with E-state index in [1.165, 1.54) is 6.07 Å². The fraction of sp³-hybridized carbons (Fsp3) is 0. The van der Waals surface area contributed by atoms with Crippen LogP contribution in [-0.2, 0) is 0 Å². The Hall–Kier alpha value is -2.79. The predicted octanol–water partition coefficient (Wildman–Crippen LogP) is 5.01. The Morgan fingerprint density at radius 1 is 1.09 bits per heavy atom. The first kappa shape index (κ1) is 12.9. The van der Waals surface area contributed by atoms with Crippen LogP contribution in [0.2, 0.25) is 5.02 Å². The fourth-order valence-electron chi connectivity index (χ4n) is 2.79. The van der Waals surface area contributed by atoms with Crippen LogP contribution in [0, 0.1) is 10.1 Å². The van der Waals surface area contributed by atoms with Crippen molar-refractivity contribution in [2.24, 2.45) is 0 Å². The molecular formula is C16H8ClNO4. The lowest BCUT2D eigenvalue weighted by atomic mass is 10.0. The third-order valence-electron chi connectivity index (χ3n) is 3.74. The molecule has 6 heteroatoms. The van der Waals surface area contributed by atoms with Gasteiger partial charge in [-0.15, -0.1) is 0 Å². The molecule has 0 radical (unpaired) electrons. The maximum Gasteiger partial charge on any atom is 0.311 e. The Kier molecular flexibility index (Phi) is 2.55. The summed E-state index contributed by atoms with van der Waals surface area (Å²) in [5, 5.41) is 24.3. The number of halogens is 1. The lowest BCUT2D eigenvalue weighted by Gasteiger charge is -2.03. The van der Waals surface area contributed by atoms with Gasteiger partial charge in [0.25, 0.3) is 0 Å². The van der Waals surface area contributed by atoms with E-state index in [1.54, 1.807) is 30.3 Å². The normalized spacial score (nSPS) is 11.5. The minimum absolute atomic E-state index is 0.337. The molecule has 1 N–H and O–H groups in total. The number of hydrogen-bond acceptors (Lipinski definition) is 4. The molecule has 1 aromatic heterocycles. The number of benzene rings is 3. The van der Waals surface area contributed by atoms with E-state index in [0.29, 0.717) is 37.7 Å². The zero-order chi connectivity index (χ0) is 15.4. The highest BCUT2D eigenvalue weighted by Gasteiger charge is 2.21. The minimum Gasteiger partial charge on any atom is -0.502 e. The second-order valence-corrected chi connectivity index (χ2v) is 5.35. The Morgan fingerprint density at radius 3 is 2.64 bits per heavy atom. The third kappa shape index (κ3) is 1.60. The molecule has 0 saturated carbocycles. The van der Waals surface area contributed by atoms with Crippen LogP contribution in [0.3, 0.4) is 0 Å². The molecule has 0 spiro atoms. The van der Waals surface area contributed by atoms with Gasteiger partial charge < -0.3 is 9.52 Å². The predicted molar refractivity (Wildman–Crippen MR) is 84.6 cm³/mol. The van der Waals surface area contributed by atoms with E-state index >= 15 is 0 Å². The van der Waals surface area contributed by atoms with Crippen LogP contribution >= 0.6 is 11.6 Å². The molecule has 0 aliphatic rings. The van der Waals surface area contributed by atoms with E-state index in [-0.39, 0.29) is 11.4 Å². The molecule has 0 unspecified atom stereocenters. The van der Waals surface area contributed by atoms with E-state index in [0.717, 1.165) is 0 Å². The summed E-state index contributed by atoms with van der Waals surface area (Å²) < 4.78 is 5.73.